The van der Waals surface area contributed by atoms with Crippen LogP contribution in [0.3, 0.4) is 0 Å². The molecule has 0 spiro atoms. The van der Waals surface area contributed by atoms with Gasteiger partial charge in [-0.1, -0.05) is 6.92 Å². The van der Waals surface area contributed by atoms with Crippen LogP contribution in [0.1, 0.15) is 13.3 Å². The highest BCUT2D eigenvalue weighted by Gasteiger charge is 2.22. The molecule has 2 atom stereocenters. The van der Waals surface area contributed by atoms with Gasteiger partial charge in [0.25, 0.3) is 5.91 Å². The van der Waals surface area contributed by atoms with Crippen molar-refractivity contribution in [3.8, 4) is 0 Å². The molecule has 0 heterocycles. The summed E-state index contributed by atoms with van der Waals surface area (Å²) >= 11 is 3.94. The molecule has 0 aliphatic heterocycles. The third kappa shape index (κ3) is 6.29. The Labute approximate surface area is 137 Å². The second-order valence-electron chi connectivity index (χ2n) is 4.22. The first kappa shape index (κ1) is 17.5. The fourth-order valence-electron chi connectivity index (χ4n) is 1.46. The Bertz CT molecular complexity index is 417. The molecule has 5 N–H and O–H groups in total. The molecule has 0 aliphatic rings. The molecule has 1 amide bonds. The molecule has 112 valence electrons. The molecule has 1 aromatic rings. The van der Waals surface area contributed by atoms with Gasteiger partial charge in [-0.2, -0.15) is 11.8 Å². The zero-order valence-corrected chi connectivity index (χ0v) is 14.3. The molecule has 0 bridgehead atoms. The van der Waals surface area contributed by atoms with Crippen LogP contribution in [0, 0.1) is 3.57 Å². The van der Waals surface area contributed by atoms with Gasteiger partial charge in [0.15, 0.2) is 0 Å². The van der Waals surface area contributed by atoms with Gasteiger partial charge in [0.2, 0.25) is 0 Å². The number of hydrogen-bond donors (Lipinski definition) is 4. The van der Waals surface area contributed by atoms with Crippen LogP contribution in [0.5, 0.6) is 0 Å². The number of nitrogens with two attached hydrogens (primary N) is 1. The minimum absolute atomic E-state index is 0.516. The zero-order chi connectivity index (χ0) is 15.0. The van der Waals surface area contributed by atoms with E-state index in [2.05, 4.69) is 40.4 Å². The van der Waals surface area contributed by atoms with Crippen LogP contribution < -0.4 is 16.6 Å². The molecule has 0 saturated carbocycles. The molecular formula is C13H20IN3O2S. The number of thioether (sulfide) groups is 1. The third-order valence-electron chi connectivity index (χ3n) is 2.65. The van der Waals surface area contributed by atoms with Crippen molar-refractivity contribution >= 4 is 45.9 Å². The number of hydrogen-bond acceptors (Lipinski definition) is 5. The summed E-state index contributed by atoms with van der Waals surface area (Å²) in [6.07, 6.45) is -0.597. The smallest absolute Gasteiger partial charge is 0.268 e. The number of benzene rings is 1. The largest absolute Gasteiger partial charge is 0.382 e. The summed E-state index contributed by atoms with van der Waals surface area (Å²) in [5.74, 6) is 1.33. The van der Waals surface area contributed by atoms with E-state index in [4.69, 9.17) is 5.73 Å². The van der Waals surface area contributed by atoms with Gasteiger partial charge in [0.05, 0.1) is 5.69 Å². The SMILES string of the molecule is CCSCC[C@@H](N)C(O)C(=O)NNc1ccc(I)cc1. The Kier molecular flexibility index (Phi) is 8.27. The number of anilines is 1. The summed E-state index contributed by atoms with van der Waals surface area (Å²) in [7, 11) is 0. The predicted octanol–water partition coefficient (Wildman–Crippen LogP) is 1.57. The molecule has 5 nitrogen and oxygen atoms in total. The number of halogens is 1. The minimum Gasteiger partial charge on any atom is -0.382 e. The minimum atomic E-state index is -1.20. The van der Waals surface area contributed by atoms with Gasteiger partial charge in [0.1, 0.15) is 6.10 Å². The van der Waals surface area contributed by atoms with Gasteiger partial charge < -0.3 is 10.8 Å². The van der Waals surface area contributed by atoms with Gasteiger partial charge in [-0.15, -0.1) is 0 Å². The summed E-state index contributed by atoms with van der Waals surface area (Å²) in [4.78, 5) is 11.7. The second kappa shape index (κ2) is 9.43. The summed E-state index contributed by atoms with van der Waals surface area (Å²) in [5, 5.41) is 9.82. The standard InChI is InChI=1S/C13H20IN3O2S/c1-2-20-8-7-11(15)12(18)13(19)17-16-10-5-3-9(14)4-6-10/h3-6,11-12,16,18H,2,7-8,15H2,1H3,(H,17,19)/t11-,12?/m1/s1. The zero-order valence-electron chi connectivity index (χ0n) is 11.3. The van der Waals surface area contributed by atoms with E-state index in [0.717, 1.165) is 20.8 Å². The summed E-state index contributed by atoms with van der Waals surface area (Å²) in [5.41, 5.74) is 11.8. The van der Waals surface area contributed by atoms with Crippen molar-refractivity contribution < 1.29 is 9.90 Å². The van der Waals surface area contributed by atoms with Crippen LogP contribution >= 0.6 is 34.4 Å². The maximum atomic E-state index is 11.7. The van der Waals surface area contributed by atoms with Gasteiger partial charge in [-0.05, 0) is 64.8 Å². The van der Waals surface area contributed by atoms with E-state index in [9.17, 15) is 9.90 Å². The quantitative estimate of drug-likeness (QED) is 0.298. The number of aliphatic hydroxyl groups excluding tert-OH is 1. The Balaban J connectivity index is 2.35. The van der Waals surface area contributed by atoms with Crippen molar-refractivity contribution in [2.75, 3.05) is 16.9 Å². The maximum Gasteiger partial charge on any atom is 0.268 e. The molecule has 1 unspecified atom stereocenters. The van der Waals surface area contributed by atoms with Crippen molar-refractivity contribution in [1.82, 2.24) is 5.43 Å². The van der Waals surface area contributed by atoms with Crippen LogP contribution in [-0.2, 0) is 4.79 Å². The second-order valence-corrected chi connectivity index (χ2v) is 6.85. The molecule has 7 heteroatoms. The monoisotopic (exact) mass is 409 g/mol. The normalized spacial score (nSPS) is 13.6. The lowest BCUT2D eigenvalue weighted by atomic mass is 10.1. The molecule has 1 aromatic carbocycles. The van der Waals surface area contributed by atoms with Crippen molar-refractivity contribution in [3.05, 3.63) is 27.8 Å². The number of hydrazine groups is 1. The van der Waals surface area contributed by atoms with Crippen molar-refractivity contribution in [2.24, 2.45) is 5.73 Å². The average Bonchev–Trinajstić information content (AvgIpc) is 2.45. The first-order valence-electron chi connectivity index (χ1n) is 6.37. The van der Waals surface area contributed by atoms with Crippen LogP contribution in [0.4, 0.5) is 5.69 Å². The molecule has 20 heavy (non-hydrogen) atoms. The Morgan fingerprint density at radius 1 is 1.45 bits per heavy atom. The lowest BCUT2D eigenvalue weighted by molar-refractivity contribution is -0.129. The van der Waals surface area contributed by atoms with Crippen LogP contribution in [0.25, 0.3) is 0 Å². The van der Waals surface area contributed by atoms with Crippen LogP contribution in [0.2, 0.25) is 0 Å². The summed E-state index contributed by atoms with van der Waals surface area (Å²) in [6, 6.07) is 6.96. The molecule has 0 saturated heterocycles. The Morgan fingerprint density at radius 2 is 2.10 bits per heavy atom. The first-order valence-corrected chi connectivity index (χ1v) is 8.60. The van der Waals surface area contributed by atoms with Gasteiger partial charge in [-0.25, -0.2) is 0 Å². The molecular weight excluding hydrogens is 389 g/mol. The van der Waals surface area contributed by atoms with E-state index in [1.54, 1.807) is 11.8 Å². The van der Waals surface area contributed by atoms with Gasteiger partial charge >= 0.3 is 0 Å². The lowest BCUT2D eigenvalue weighted by Crippen LogP contribution is -2.48. The fourth-order valence-corrected chi connectivity index (χ4v) is 2.54. The molecule has 0 fully saturated rings. The predicted molar refractivity (Wildman–Crippen MR) is 92.5 cm³/mol. The van der Waals surface area contributed by atoms with E-state index < -0.39 is 18.1 Å². The van der Waals surface area contributed by atoms with Crippen LogP contribution in [0.15, 0.2) is 24.3 Å². The highest BCUT2D eigenvalue weighted by molar-refractivity contribution is 14.1. The van der Waals surface area contributed by atoms with Crippen LogP contribution in [-0.4, -0.2) is 34.7 Å². The number of aliphatic hydroxyl groups is 1. The van der Waals surface area contributed by atoms with Gasteiger partial charge in [0, 0.05) is 9.61 Å². The molecule has 1 rings (SSSR count). The highest BCUT2D eigenvalue weighted by atomic mass is 127. The first-order chi connectivity index (χ1) is 9.54. The van der Waals surface area contributed by atoms with E-state index in [1.165, 1.54) is 0 Å². The molecule has 0 radical (unpaired) electrons. The molecule has 0 aliphatic carbocycles. The van der Waals surface area contributed by atoms with E-state index in [-0.39, 0.29) is 0 Å². The van der Waals surface area contributed by atoms with Crippen molar-refractivity contribution in [1.29, 1.82) is 0 Å². The highest BCUT2D eigenvalue weighted by Crippen LogP contribution is 2.10. The maximum absolute atomic E-state index is 11.7. The number of rotatable bonds is 8. The average molecular weight is 409 g/mol. The Hall–Kier alpha value is -0.510. The van der Waals surface area contributed by atoms with Crippen molar-refractivity contribution in [2.45, 2.75) is 25.5 Å². The lowest BCUT2D eigenvalue weighted by Gasteiger charge is -2.18. The van der Waals surface area contributed by atoms with Gasteiger partial charge in [-0.3, -0.25) is 15.6 Å². The topological polar surface area (TPSA) is 87.4 Å². The molecule has 0 aromatic heterocycles. The number of carbonyl (C=O) groups is 1. The van der Waals surface area contributed by atoms with E-state index in [1.807, 2.05) is 24.3 Å². The van der Waals surface area contributed by atoms with E-state index in [0.29, 0.717) is 6.42 Å². The van der Waals surface area contributed by atoms with Crippen molar-refractivity contribution in [3.63, 3.8) is 0 Å². The Morgan fingerprint density at radius 3 is 2.70 bits per heavy atom. The third-order valence-corrected chi connectivity index (χ3v) is 4.30. The van der Waals surface area contributed by atoms with E-state index >= 15 is 0 Å². The number of carbonyl (C=O) groups excluding carboxylic acids is 1. The summed E-state index contributed by atoms with van der Waals surface area (Å²) < 4.78 is 1.11. The fraction of sp³-hybridized carbons (Fsp3) is 0.462. The number of nitrogens with one attached hydrogen (secondary N) is 2. The summed E-state index contributed by atoms with van der Waals surface area (Å²) in [6.45, 7) is 2.06. The number of amides is 1.